The summed E-state index contributed by atoms with van der Waals surface area (Å²) in [5.74, 6) is 1.00. The SMILES string of the molecule is O=C(N[C@H]1CCS(=O)(=O)C1)N1CC[C@H](OCC2CC2)C1. The number of sulfone groups is 1. The number of rotatable bonds is 4. The molecular weight excluding hydrogens is 280 g/mol. The fraction of sp³-hybridized carbons (Fsp3) is 0.923. The third kappa shape index (κ3) is 3.63. The van der Waals surface area contributed by atoms with Gasteiger partial charge >= 0.3 is 6.03 Å². The Bertz CT molecular complexity index is 475. The van der Waals surface area contributed by atoms with Gasteiger partial charge in [-0.1, -0.05) is 0 Å². The Hall–Kier alpha value is -0.820. The normalized spacial score (nSPS) is 32.5. The van der Waals surface area contributed by atoms with E-state index in [9.17, 15) is 13.2 Å². The van der Waals surface area contributed by atoms with Crippen LogP contribution in [0.3, 0.4) is 0 Å². The van der Waals surface area contributed by atoms with Crippen LogP contribution in [-0.4, -0.2) is 62.7 Å². The van der Waals surface area contributed by atoms with Crippen LogP contribution in [0, 0.1) is 5.92 Å². The number of nitrogens with zero attached hydrogens (tertiary/aromatic N) is 1. The van der Waals surface area contributed by atoms with E-state index in [1.165, 1.54) is 12.8 Å². The van der Waals surface area contributed by atoms with Crippen molar-refractivity contribution in [2.45, 2.75) is 37.8 Å². The summed E-state index contributed by atoms with van der Waals surface area (Å²) in [4.78, 5) is 13.8. The molecule has 20 heavy (non-hydrogen) atoms. The maximum absolute atomic E-state index is 12.1. The molecule has 3 fully saturated rings. The van der Waals surface area contributed by atoms with Crippen LogP contribution in [0.25, 0.3) is 0 Å². The first kappa shape index (κ1) is 14.1. The average molecular weight is 302 g/mol. The highest BCUT2D eigenvalue weighted by molar-refractivity contribution is 7.91. The van der Waals surface area contributed by atoms with Gasteiger partial charge in [-0.25, -0.2) is 13.2 Å². The van der Waals surface area contributed by atoms with E-state index in [-0.39, 0.29) is 29.7 Å². The molecule has 0 spiro atoms. The number of ether oxygens (including phenoxy) is 1. The van der Waals surface area contributed by atoms with Crippen molar-refractivity contribution >= 4 is 15.9 Å². The molecule has 0 aromatic carbocycles. The zero-order valence-electron chi connectivity index (χ0n) is 11.6. The van der Waals surface area contributed by atoms with E-state index in [0.29, 0.717) is 19.5 Å². The van der Waals surface area contributed by atoms with Gasteiger partial charge in [-0.15, -0.1) is 0 Å². The smallest absolute Gasteiger partial charge is 0.317 e. The van der Waals surface area contributed by atoms with Gasteiger partial charge in [0.25, 0.3) is 0 Å². The lowest BCUT2D eigenvalue weighted by molar-refractivity contribution is 0.0538. The predicted molar refractivity (Wildman–Crippen MR) is 74.2 cm³/mol. The molecule has 3 aliphatic rings. The minimum Gasteiger partial charge on any atom is -0.376 e. The van der Waals surface area contributed by atoms with Gasteiger partial charge in [-0.05, 0) is 31.6 Å². The van der Waals surface area contributed by atoms with Crippen LogP contribution in [0.2, 0.25) is 0 Å². The minimum atomic E-state index is -2.94. The monoisotopic (exact) mass is 302 g/mol. The molecule has 2 atom stereocenters. The summed E-state index contributed by atoms with van der Waals surface area (Å²) in [5.41, 5.74) is 0. The van der Waals surface area contributed by atoms with Crippen molar-refractivity contribution in [3.05, 3.63) is 0 Å². The first-order chi connectivity index (χ1) is 9.52. The lowest BCUT2D eigenvalue weighted by Gasteiger charge is -2.20. The highest BCUT2D eigenvalue weighted by Gasteiger charge is 2.33. The summed E-state index contributed by atoms with van der Waals surface area (Å²) in [6.07, 6.45) is 4.10. The molecule has 1 N–H and O–H groups in total. The lowest BCUT2D eigenvalue weighted by Crippen LogP contribution is -2.44. The summed E-state index contributed by atoms with van der Waals surface area (Å²) < 4.78 is 28.5. The molecule has 3 rings (SSSR count). The van der Waals surface area contributed by atoms with Crippen LogP contribution in [0.15, 0.2) is 0 Å². The molecule has 0 unspecified atom stereocenters. The Morgan fingerprint density at radius 2 is 2.05 bits per heavy atom. The first-order valence-electron chi connectivity index (χ1n) is 7.39. The standard InChI is InChI=1S/C13H22N2O4S/c16-13(14-11-4-6-20(17,18)9-11)15-5-3-12(7-15)19-8-10-1-2-10/h10-12H,1-9H2,(H,14,16)/t11-,12-/m0/s1. The average Bonchev–Trinajstić information content (AvgIpc) is 2.98. The van der Waals surface area contributed by atoms with Gasteiger partial charge in [0.05, 0.1) is 17.6 Å². The molecule has 0 aromatic heterocycles. The fourth-order valence-electron chi connectivity index (χ4n) is 2.78. The van der Waals surface area contributed by atoms with Crippen LogP contribution in [0.4, 0.5) is 4.79 Å². The van der Waals surface area contributed by atoms with Crippen molar-refractivity contribution in [2.75, 3.05) is 31.2 Å². The van der Waals surface area contributed by atoms with Crippen molar-refractivity contribution < 1.29 is 17.9 Å². The molecule has 7 heteroatoms. The Morgan fingerprint density at radius 3 is 2.70 bits per heavy atom. The minimum absolute atomic E-state index is 0.0776. The van der Waals surface area contributed by atoms with Crippen LogP contribution >= 0.6 is 0 Å². The third-order valence-corrected chi connectivity index (χ3v) is 6.02. The van der Waals surface area contributed by atoms with Gasteiger partial charge in [-0.3, -0.25) is 0 Å². The molecule has 1 saturated carbocycles. The number of likely N-dealkylation sites (tertiary alicyclic amines) is 1. The van der Waals surface area contributed by atoms with Gasteiger partial charge < -0.3 is 15.0 Å². The second-order valence-corrected chi connectivity index (χ2v) is 8.41. The van der Waals surface area contributed by atoms with Gasteiger partial charge in [-0.2, -0.15) is 0 Å². The fourth-order valence-corrected chi connectivity index (χ4v) is 4.45. The van der Waals surface area contributed by atoms with Crippen molar-refractivity contribution in [1.29, 1.82) is 0 Å². The highest BCUT2D eigenvalue weighted by Crippen LogP contribution is 2.30. The molecule has 1 aliphatic carbocycles. The van der Waals surface area contributed by atoms with Crippen molar-refractivity contribution in [3.8, 4) is 0 Å². The molecule has 2 amide bonds. The van der Waals surface area contributed by atoms with Crippen LogP contribution in [0.5, 0.6) is 0 Å². The van der Waals surface area contributed by atoms with E-state index in [4.69, 9.17) is 4.74 Å². The summed E-state index contributed by atoms with van der Waals surface area (Å²) in [5, 5.41) is 2.83. The van der Waals surface area contributed by atoms with Crippen molar-refractivity contribution in [1.82, 2.24) is 10.2 Å². The Labute approximate surface area is 119 Å². The van der Waals surface area contributed by atoms with Crippen LogP contribution < -0.4 is 5.32 Å². The Morgan fingerprint density at radius 1 is 1.25 bits per heavy atom. The molecule has 114 valence electrons. The van der Waals surface area contributed by atoms with E-state index < -0.39 is 9.84 Å². The first-order valence-corrected chi connectivity index (χ1v) is 9.21. The van der Waals surface area contributed by atoms with E-state index >= 15 is 0 Å². The molecule has 2 heterocycles. The number of hydrogen-bond acceptors (Lipinski definition) is 4. The summed E-state index contributed by atoms with van der Waals surface area (Å²) in [6, 6.07) is -0.372. The molecule has 0 aromatic rings. The molecule has 2 saturated heterocycles. The molecular formula is C13H22N2O4S. The second kappa shape index (κ2) is 5.52. The van der Waals surface area contributed by atoms with Crippen molar-refractivity contribution in [2.24, 2.45) is 5.92 Å². The number of hydrogen-bond donors (Lipinski definition) is 1. The van der Waals surface area contributed by atoms with E-state index in [1.807, 2.05) is 0 Å². The summed E-state index contributed by atoms with van der Waals surface area (Å²) in [7, 11) is -2.94. The van der Waals surface area contributed by atoms with E-state index in [2.05, 4.69) is 5.32 Å². The quantitative estimate of drug-likeness (QED) is 0.815. The molecule has 2 aliphatic heterocycles. The zero-order chi connectivity index (χ0) is 14.2. The topological polar surface area (TPSA) is 75.7 Å². The Kier molecular flexibility index (Phi) is 3.90. The molecule has 0 bridgehead atoms. The van der Waals surface area contributed by atoms with Gasteiger partial charge in [0, 0.05) is 25.7 Å². The predicted octanol–water partition coefficient (Wildman–Crippen LogP) is 0.384. The second-order valence-electron chi connectivity index (χ2n) is 6.18. The van der Waals surface area contributed by atoms with Crippen molar-refractivity contribution in [3.63, 3.8) is 0 Å². The Balaban J connectivity index is 1.41. The lowest BCUT2D eigenvalue weighted by atomic mass is 10.3. The number of urea groups is 1. The van der Waals surface area contributed by atoms with Crippen LogP contribution in [0.1, 0.15) is 25.7 Å². The highest BCUT2D eigenvalue weighted by atomic mass is 32.2. The third-order valence-electron chi connectivity index (χ3n) is 4.26. The van der Waals surface area contributed by atoms with Crippen LogP contribution in [-0.2, 0) is 14.6 Å². The molecule has 6 nitrogen and oxygen atoms in total. The summed E-state index contributed by atoms with van der Waals surface area (Å²) >= 11 is 0. The maximum Gasteiger partial charge on any atom is 0.317 e. The zero-order valence-corrected chi connectivity index (χ0v) is 12.4. The number of carbonyl (C=O) groups excluding carboxylic acids is 1. The van der Waals surface area contributed by atoms with Gasteiger partial charge in [0.2, 0.25) is 0 Å². The molecule has 0 radical (unpaired) electrons. The summed E-state index contributed by atoms with van der Waals surface area (Å²) in [6.45, 7) is 2.14. The van der Waals surface area contributed by atoms with Gasteiger partial charge in [0.15, 0.2) is 9.84 Å². The largest absolute Gasteiger partial charge is 0.376 e. The van der Waals surface area contributed by atoms with E-state index in [0.717, 1.165) is 18.9 Å². The number of nitrogens with one attached hydrogen (secondary N) is 1. The number of carbonyl (C=O) groups is 1. The maximum atomic E-state index is 12.1. The van der Waals surface area contributed by atoms with E-state index in [1.54, 1.807) is 4.90 Å². The van der Waals surface area contributed by atoms with Gasteiger partial charge in [0.1, 0.15) is 0 Å². The number of amides is 2.